The first-order chi connectivity index (χ1) is 9.82. The molecule has 2 aliphatic rings. The molecule has 3 atom stereocenters. The summed E-state index contributed by atoms with van der Waals surface area (Å²) in [4.78, 5) is 2.89. The quantitative estimate of drug-likeness (QED) is 0.785. The molecule has 124 valence electrons. The normalized spacial score (nSPS) is 31.1. The number of nitrogens with one attached hydrogen (secondary N) is 1. The van der Waals surface area contributed by atoms with Crippen molar-refractivity contribution in [3.8, 4) is 0 Å². The fourth-order valence-corrected chi connectivity index (χ4v) is 4.07. The van der Waals surface area contributed by atoms with Crippen LogP contribution in [-0.2, 0) is 0 Å². The van der Waals surface area contributed by atoms with Gasteiger partial charge in [-0.25, -0.2) is 0 Å². The van der Waals surface area contributed by atoms with Crippen LogP contribution in [0.3, 0.4) is 0 Å². The summed E-state index contributed by atoms with van der Waals surface area (Å²) >= 11 is 0. The zero-order valence-corrected chi connectivity index (χ0v) is 15.3. The van der Waals surface area contributed by atoms with Crippen molar-refractivity contribution in [1.29, 1.82) is 0 Å². The van der Waals surface area contributed by atoms with Gasteiger partial charge < -0.3 is 5.32 Å². The first-order valence-electron chi connectivity index (χ1n) is 9.26. The standard InChI is InChI=1S/C19H38N2/c1-14(2)11-12-21(16-8-9-16)18-13-15(19(3,4)5)7-10-17(18)20-6/h14-18,20H,7-13H2,1-6H3. The average Bonchev–Trinajstić information content (AvgIpc) is 3.22. The van der Waals surface area contributed by atoms with Crippen molar-refractivity contribution in [3.05, 3.63) is 0 Å². The number of rotatable bonds is 6. The predicted octanol–water partition coefficient (Wildman–Crippen LogP) is 4.30. The molecule has 0 heterocycles. The van der Waals surface area contributed by atoms with Crippen LogP contribution in [0.25, 0.3) is 0 Å². The Hall–Kier alpha value is -0.0800. The van der Waals surface area contributed by atoms with E-state index in [9.17, 15) is 0 Å². The van der Waals surface area contributed by atoms with Crippen molar-refractivity contribution in [1.82, 2.24) is 10.2 Å². The molecule has 2 nitrogen and oxygen atoms in total. The van der Waals surface area contributed by atoms with E-state index in [0.29, 0.717) is 11.5 Å². The molecule has 3 unspecified atom stereocenters. The van der Waals surface area contributed by atoms with E-state index in [4.69, 9.17) is 0 Å². The fourth-order valence-electron chi connectivity index (χ4n) is 4.07. The van der Waals surface area contributed by atoms with Crippen molar-refractivity contribution in [3.63, 3.8) is 0 Å². The van der Waals surface area contributed by atoms with Gasteiger partial charge in [0.05, 0.1) is 0 Å². The zero-order chi connectivity index (χ0) is 15.6. The second-order valence-corrected chi connectivity index (χ2v) is 8.99. The van der Waals surface area contributed by atoms with E-state index in [1.165, 1.54) is 45.1 Å². The van der Waals surface area contributed by atoms with Crippen LogP contribution in [-0.4, -0.2) is 36.6 Å². The Morgan fingerprint density at radius 3 is 2.24 bits per heavy atom. The summed E-state index contributed by atoms with van der Waals surface area (Å²) in [5.41, 5.74) is 0.463. The van der Waals surface area contributed by atoms with Gasteiger partial charge in [0.2, 0.25) is 0 Å². The lowest BCUT2D eigenvalue weighted by molar-refractivity contribution is 0.0527. The monoisotopic (exact) mass is 294 g/mol. The van der Waals surface area contributed by atoms with Crippen LogP contribution in [0.15, 0.2) is 0 Å². The Bertz CT molecular complexity index is 314. The van der Waals surface area contributed by atoms with Crippen molar-refractivity contribution >= 4 is 0 Å². The molecule has 0 aromatic heterocycles. The molecule has 0 aromatic carbocycles. The lowest BCUT2D eigenvalue weighted by atomic mass is 9.69. The van der Waals surface area contributed by atoms with Crippen molar-refractivity contribution < 1.29 is 0 Å². The highest BCUT2D eigenvalue weighted by atomic mass is 15.2. The molecule has 0 saturated heterocycles. The molecule has 0 spiro atoms. The van der Waals surface area contributed by atoms with Crippen LogP contribution in [0.2, 0.25) is 0 Å². The topological polar surface area (TPSA) is 15.3 Å². The second-order valence-electron chi connectivity index (χ2n) is 8.99. The zero-order valence-electron chi connectivity index (χ0n) is 15.3. The maximum Gasteiger partial charge on any atom is 0.0254 e. The van der Waals surface area contributed by atoms with Crippen LogP contribution < -0.4 is 5.32 Å². The van der Waals surface area contributed by atoms with E-state index < -0.39 is 0 Å². The van der Waals surface area contributed by atoms with Gasteiger partial charge in [-0.2, -0.15) is 0 Å². The minimum absolute atomic E-state index is 0.463. The Kier molecular flexibility index (Phi) is 5.76. The Morgan fingerprint density at radius 2 is 1.76 bits per heavy atom. The number of nitrogens with zero attached hydrogens (tertiary/aromatic N) is 1. The van der Waals surface area contributed by atoms with E-state index in [0.717, 1.165) is 23.9 Å². The smallest absolute Gasteiger partial charge is 0.0254 e. The Morgan fingerprint density at radius 1 is 1.10 bits per heavy atom. The summed E-state index contributed by atoms with van der Waals surface area (Å²) in [5, 5.41) is 3.64. The van der Waals surface area contributed by atoms with Gasteiger partial charge in [0.25, 0.3) is 0 Å². The van der Waals surface area contributed by atoms with E-state index in [2.05, 4.69) is 51.9 Å². The second kappa shape index (κ2) is 7.00. The molecule has 0 aromatic rings. The summed E-state index contributed by atoms with van der Waals surface area (Å²) in [5.74, 6) is 1.70. The SMILES string of the molecule is CNC1CCC(C(C)(C)C)CC1N(CCC(C)C)C1CC1. The molecule has 21 heavy (non-hydrogen) atoms. The third kappa shape index (κ3) is 4.69. The number of hydrogen-bond donors (Lipinski definition) is 1. The van der Waals surface area contributed by atoms with Crippen LogP contribution in [0.5, 0.6) is 0 Å². The maximum absolute atomic E-state index is 3.64. The van der Waals surface area contributed by atoms with Crippen molar-refractivity contribution in [2.24, 2.45) is 17.3 Å². The molecular weight excluding hydrogens is 256 g/mol. The fraction of sp³-hybridized carbons (Fsp3) is 1.00. The van der Waals surface area contributed by atoms with Gasteiger partial charge in [0, 0.05) is 18.1 Å². The molecule has 0 amide bonds. The van der Waals surface area contributed by atoms with Crippen LogP contribution in [0.4, 0.5) is 0 Å². The van der Waals surface area contributed by atoms with Gasteiger partial charge in [-0.15, -0.1) is 0 Å². The summed E-state index contributed by atoms with van der Waals surface area (Å²) in [6.45, 7) is 13.3. The predicted molar refractivity (Wildman–Crippen MR) is 92.6 cm³/mol. The van der Waals surface area contributed by atoms with Gasteiger partial charge >= 0.3 is 0 Å². The Balaban J connectivity index is 2.06. The summed E-state index contributed by atoms with van der Waals surface area (Å²) in [6, 6.07) is 2.36. The van der Waals surface area contributed by atoms with Gasteiger partial charge in [-0.3, -0.25) is 4.90 Å². The summed E-state index contributed by atoms with van der Waals surface area (Å²) in [7, 11) is 2.17. The molecule has 2 saturated carbocycles. The number of likely N-dealkylation sites (N-methyl/N-ethyl adjacent to an activating group) is 1. The van der Waals surface area contributed by atoms with Gasteiger partial charge in [-0.1, -0.05) is 34.6 Å². The summed E-state index contributed by atoms with van der Waals surface area (Å²) < 4.78 is 0. The van der Waals surface area contributed by atoms with Crippen LogP contribution in [0, 0.1) is 17.3 Å². The highest BCUT2D eigenvalue weighted by molar-refractivity contribution is 4.98. The van der Waals surface area contributed by atoms with E-state index in [-0.39, 0.29) is 0 Å². The molecule has 1 N–H and O–H groups in total. The minimum Gasteiger partial charge on any atom is -0.315 e. The summed E-state index contributed by atoms with van der Waals surface area (Å²) in [6.07, 6.45) is 8.37. The third-order valence-electron chi connectivity index (χ3n) is 5.82. The van der Waals surface area contributed by atoms with Crippen molar-refractivity contribution in [2.45, 2.75) is 91.3 Å². The molecule has 2 aliphatic carbocycles. The largest absolute Gasteiger partial charge is 0.315 e. The molecular formula is C19H38N2. The lowest BCUT2D eigenvalue weighted by Crippen LogP contribution is -2.54. The molecule has 0 aliphatic heterocycles. The molecule has 2 fully saturated rings. The molecule has 0 bridgehead atoms. The molecule has 2 heteroatoms. The average molecular weight is 295 g/mol. The first kappa shape index (κ1) is 17.3. The Labute approximate surface area is 133 Å². The van der Waals surface area contributed by atoms with E-state index in [1.807, 2.05) is 0 Å². The van der Waals surface area contributed by atoms with Gasteiger partial charge in [0.15, 0.2) is 0 Å². The lowest BCUT2D eigenvalue weighted by Gasteiger charge is -2.46. The first-order valence-corrected chi connectivity index (χ1v) is 9.26. The maximum atomic E-state index is 3.64. The van der Waals surface area contributed by atoms with Gasteiger partial charge in [-0.05, 0) is 69.4 Å². The highest BCUT2D eigenvalue weighted by Gasteiger charge is 2.42. The minimum atomic E-state index is 0.463. The van der Waals surface area contributed by atoms with Crippen LogP contribution >= 0.6 is 0 Å². The van der Waals surface area contributed by atoms with Crippen LogP contribution in [0.1, 0.15) is 73.1 Å². The van der Waals surface area contributed by atoms with Gasteiger partial charge in [0.1, 0.15) is 0 Å². The number of hydrogen-bond acceptors (Lipinski definition) is 2. The van der Waals surface area contributed by atoms with E-state index >= 15 is 0 Å². The molecule has 0 radical (unpaired) electrons. The van der Waals surface area contributed by atoms with E-state index in [1.54, 1.807) is 0 Å². The third-order valence-corrected chi connectivity index (χ3v) is 5.82. The highest BCUT2D eigenvalue weighted by Crippen LogP contribution is 2.42. The molecule has 2 rings (SSSR count). The van der Waals surface area contributed by atoms with Crippen molar-refractivity contribution in [2.75, 3.05) is 13.6 Å².